The van der Waals surface area contributed by atoms with Crippen LogP contribution in [0.3, 0.4) is 0 Å². The van der Waals surface area contributed by atoms with Gasteiger partial charge in [0.25, 0.3) is 0 Å². The standard InChI is InChI=1S/C9H13N3OS/c1-6-9(14-12-11-6)8(10)7-4-2-3-5-13-7/h4,8H,2-3,5,10H2,1H3. The third-order valence-electron chi connectivity index (χ3n) is 2.24. The number of rotatable bonds is 2. The number of aromatic nitrogens is 2. The smallest absolute Gasteiger partial charge is 0.114 e. The first-order valence-electron chi connectivity index (χ1n) is 4.66. The molecule has 0 aliphatic carbocycles. The summed E-state index contributed by atoms with van der Waals surface area (Å²) in [5.74, 6) is 0.866. The lowest BCUT2D eigenvalue weighted by Crippen LogP contribution is -2.17. The number of hydrogen-bond donors (Lipinski definition) is 1. The molecule has 1 aliphatic rings. The third-order valence-corrected chi connectivity index (χ3v) is 3.15. The first kappa shape index (κ1) is 9.61. The van der Waals surface area contributed by atoms with Crippen LogP contribution in [0.4, 0.5) is 0 Å². The zero-order valence-corrected chi connectivity index (χ0v) is 8.88. The van der Waals surface area contributed by atoms with Crippen LogP contribution in [0.2, 0.25) is 0 Å². The van der Waals surface area contributed by atoms with Gasteiger partial charge >= 0.3 is 0 Å². The van der Waals surface area contributed by atoms with Crippen molar-refractivity contribution in [2.24, 2.45) is 5.73 Å². The summed E-state index contributed by atoms with van der Waals surface area (Å²) in [7, 11) is 0. The minimum absolute atomic E-state index is 0.185. The van der Waals surface area contributed by atoms with Gasteiger partial charge in [-0.05, 0) is 37.4 Å². The summed E-state index contributed by atoms with van der Waals surface area (Å²) in [5, 5.41) is 3.94. The van der Waals surface area contributed by atoms with Crippen molar-refractivity contribution in [2.75, 3.05) is 6.61 Å². The molecular formula is C9H13N3OS. The highest BCUT2D eigenvalue weighted by Gasteiger charge is 2.19. The Kier molecular flexibility index (Phi) is 2.79. The van der Waals surface area contributed by atoms with E-state index in [1.54, 1.807) is 0 Å². The van der Waals surface area contributed by atoms with E-state index in [-0.39, 0.29) is 6.04 Å². The lowest BCUT2D eigenvalue weighted by Gasteiger charge is -2.19. The fourth-order valence-electron chi connectivity index (χ4n) is 1.45. The van der Waals surface area contributed by atoms with Crippen molar-refractivity contribution in [1.82, 2.24) is 9.59 Å². The summed E-state index contributed by atoms with van der Waals surface area (Å²) in [6, 6.07) is -0.185. The molecule has 1 atom stereocenters. The molecule has 2 rings (SSSR count). The first-order valence-corrected chi connectivity index (χ1v) is 5.43. The Hall–Kier alpha value is -0.940. The van der Waals surface area contributed by atoms with E-state index in [4.69, 9.17) is 10.5 Å². The normalized spacial score (nSPS) is 18.6. The Labute approximate surface area is 86.9 Å². The van der Waals surface area contributed by atoms with Crippen LogP contribution in [-0.2, 0) is 4.74 Å². The average molecular weight is 211 g/mol. The maximum atomic E-state index is 6.05. The van der Waals surface area contributed by atoms with Crippen molar-refractivity contribution in [2.45, 2.75) is 25.8 Å². The van der Waals surface area contributed by atoms with Crippen LogP contribution in [0, 0.1) is 6.92 Å². The van der Waals surface area contributed by atoms with Gasteiger partial charge in [0.05, 0.1) is 17.2 Å². The van der Waals surface area contributed by atoms with E-state index >= 15 is 0 Å². The monoisotopic (exact) mass is 211 g/mol. The van der Waals surface area contributed by atoms with Gasteiger partial charge in [0, 0.05) is 0 Å². The summed E-state index contributed by atoms with van der Waals surface area (Å²) in [6.07, 6.45) is 4.19. The molecule has 76 valence electrons. The van der Waals surface area contributed by atoms with Crippen molar-refractivity contribution in [3.8, 4) is 0 Å². The molecule has 0 aromatic carbocycles. The minimum atomic E-state index is -0.185. The van der Waals surface area contributed by atoms with Crippen LogP contribution < -0.4 is 5.73 Å². The molecule has 0 fully saturated rings. The van der Waals surface area contributed by atoms with Crippen LogP contribution in [0.1, 0.15) is 29.5 Å². The topological polar surface area (TPSA) is 61.0 Å². The lowest BCUT2D eigenvalue weighted by molar-refractivity contribution is 0.176. The Morgan fingerprint density at radius 1 is 1.64 bits per heavy atom. The fraction of sp³-hybridized carbons (Fsp3) is 0.556. The summed E-state index contributed by atoms with van der Waals surface area (Å²) in [5.41, 5.74) is 6.95. The maximum absolute atomic E-state index is 6.05. The van der Waals surface area contributed by atoms with Gasteiger partial charge in [-0.2, -0.15) is 0 Å². The number of hydrogen-bond acceptors (Lipinski definition) is 5. The molecule has 4 nitrogen and oxygen atoms in total. The Morgan fingerprint density at radius 2 is 2.50 bits per heavy atom. The average Bonchev–Trinajstić information content (AvgIpc) is 2.65. The molecule has 0 radical (unpaired) electrons. The van der Waals surface area contributed by atoms with Crippen LogP contribution in [0.15, 0.2) is 11.8 Å². The van der Waals surface area contributed by atoms with E-state index < -0.39 is 0 Å². The van der Waals surface area contributed by atoms with Crippen molar-refractivity contribution in [3.05, 3.63) is 22.4 Å². The maximum Gasteiger partial charge on any atom is 0.114 e. The van der Waals surface area contributed by atoms with E-state index in [9.17, 15) is 0 Å². The van der Waals surface area contributed by atoms with Crippen molar-refractivity contribution >= 4 is 11.5 Å². The Bertz CT molecular complexity index is 348. The molecule has 0 saturated heterocycles. The SMILES string of the molecule is Cc1nnsc1C(N)C1=CCCCO1. The molecule has 2 N–H and O–H groups in total. The molecule has 5 heteroatoms. The molecule has 2 heterocycles. The van der Waals surface area contributed by atoms with Crippen LogP contribution in [0.5, 0.6) is 0 Å². The first-order chi connectivity index (χ1) is 6.79. The van der Waals surface area contributed by atoms with Crippen molar-refractivity contribution in [3.63, 3.8) is 0 Å². The largest absolute Gasteiger partial charge is 0.496 e. The molecule has 0 spiro atoms. The van der Waals surface area contributed by atoms with Crippen LogP contribution in [-0.4, -0.2) is 16.2 Å². The molecule has 0 bridgehead atoms. The number of ether oxygens (including phenoxy) is 1. The van der Waals surface area contributed by atoms with Gasteiger partial charge in [-0.1, -0.05) is 4.49 Å². The highest BCUT2D eigenvalue weighted by Crippen LogP contribution is 2.27. The summed E-state index contributed by atoms with van der Waals surface area (Å²) >= 11 is 1.34. The summed E-state index contributed by atoms with van der Waals surface area (Å²) in [6.45, 7) is 2.69. The van der Waals surface area contributed by atoms with Crippen molar-refractivity contribution < 1.29 is 4.74 Å². The molecule has 0 saturated carbocycles. The highest BCUT2D eigenvalue weighted by molar-refractivity contribution is 7.05. The van der Waals surface area contributed by atoms with E-state index in [0.717, 1.165) is 35.8 Å². The predicted octanol–water partition coefficient (Wildman–Crippen LogP) is 1.54. The number of nitrogens with two attached hydrogens (primary N) is 1. The molecule has 1 aromatic rings. The van der Waals surface area contributed by atoms with Gasteiger partial charge in [0.1, 0.15) is 11.8 Å². The second-order valence-electron chi connectivity index (χ2n) is 3.30. The molecule has 1 aromatic heterocycles. The predicted molar refractivity (Wildman–Crippen MR) is 54.8 cm³/mol. The fourth-order valence-corrected chi connectivity index (χ4v) is 2.10. The minimum Gasteiger partial charge on any atom is -0.496 e. The molecular weight excluding hydrogens is 198 g/mol. The zero-order valence-electron chi connectivity index (χ0n) is 8.06. The summed E-state index contributed by atoms with van der Waals surface area (Å²) in [4.78, 5) is 0.998. The molecule has 1 aliphatic heterocycles. The highest BCUT2D eigenvalue weighted by atomic mass is 32.1. The number of nitrogens with zero attached hydrogens (tertiary/aromatic N) is 2. The van der Waals surface area contributed by atoms with Crippen LogP contribution in [0.25, 0.3) is 0 Å². The van der Waals surface area contributed by atoms with Gasteiger partial charge in [-0.3, -0.25) is 0 Å². The van der Waals surface area contributed by atoms with Crippen molar-refractivity contribution in [1.29, 1.82) is 0 Å². The second kappa shape index (κ2) is 4.06. The second-order valence-corrected chi connectivity index (χ2v) is 4.08. The molecule has 14 heavy (non-hydrogen) atoms. The Morgan fingerprint density at radius 3 is 3.07 bits per heavy atom. The van der Waals surface area contributed by atoms with E-state index in [1.807, 2.05) is 6.92 Å². The van der Waals surface area contributed by atoms with Crippen LogP contribution >= 0.6 is 11.5 Å². The Balaban J connectivity index is 2.19. The third kappa shape index (κ3) is 1.78. The number of aryl methyl sites for hydroxylation is 1. The van der Waals surface area contributed by atoms with Gasteiger partial charge in [0.2, 0.25) is 0 Å². The van der Waals surface area contributed by atoms with E-state index in [0.29, 0.717) is 0 Å². The van der Waals surface area contributed by atoms with Gasteiger partial charge in [-0.25, -0.2) is 0 Å². The van der Waals surface area contributed by atoms with E-state index in [1.165, 1.54) is 11.5 Å². The molecule has 0 amide bonds. The molecule has 1 unspecified atom stereocenters. The quantitative estimate of drug-likeness (QED) is 0.806. The summed E-state index contributed by atoms with van der Waals surface area (Å²) < 4.78 is 9.37. The van der Waals surface area contributed by atoms with Gasteiger partial charge in [0.15, 0.2) is 0 Å². The zero-order chi connectivity index (χ0) is 9.97. The van der Waals surface area contributed by atoms with E-state index in [2.05, 4.69) is 15.7 Å². The van der Waals surface area contributed by atoms with Gasteiger partial charge < -0.3 is 10.5 Å². The van der Waals surface area contributed by atoms with Gasteiger partial charge in [-0.15, -0.1) is 5.10 Å². The number of allylic oxidation sites excluding steroid dienone is 1. The lowest BCUT2D eigenvalue weighted by atomic mass is 10.1.